The number of anilines is 1. The summed E-state index contributed by atoms with van der Waals surface area (Å²) in [5, 5.41) is 3.45. The van der Waals surface area contributed by atoms with Crippen LogP contribution in [0.3, 0.4) is 0 Å². The Bertz CT molecular complexity index is 750. The lowest BCUT2D eigenvalue weighted by atomic mass is 10.2. The van der Waals surface area contributed by atoms with Gasteiger partial charge in [0.25, 0.3) is 10.0 Å². The minimum Gasteiger partial charge on any atom is -0.316 e. The van der Waals surface area contributed by atoms with Gasteiger partial charge in [-0.1, -0.05) is 23.7 Å². The lowest BCUT2D eigenvalue weighted by Crippen LogP contribution is -2.14. The molecule has 112 valence electrons. The molecule has 4 nitrogen and oxygen atoms in total. The SMILES string of the molecule is CNCc1cccc(S(=O)(=O)Nc2cc(Cl)ccc2Br)c1. The Labute approximate surface area is 137 Å². The Hall–Kier alpha value is -1.08. The fourth-order valence-corrected chi connectivity index (χ4v) is 3.60. The fourth-order valence-electron chi connectivity index (χ4n) is 1.81. The van der Waals surface area contributed by atoms with Crippen LogP contribution in [0.4, 0.5) is 5.69 Å². The van der Waals surface area contributed by atoms with Gasteiger partial charge in [0.2, 0.25) is 0 Å². The van der Waals surface area contributed by atoms with Crippen molar-refractivity contribution in [3.05, 3.63) is 57.5 Å². The topological polar surface area (TPSA) is 58.2 Å². The summed E-state index contributed by atoms with van der Waals surface area (Å²) in [4.78, 5) is 0.210. The zero-order valence-electron chi connectivity index (χ0n) is 11.2. The Balaban J connectivity index is 2.34. The summed E-state index contributed by atoms with van der Waals surface area (Å²) in [6, 6.07) is 11.7. The van der Waals surface area contributed by atoms with E-state index in [4.69, 9.17) is 11.6 Å². The number of benzene rings is 2. The zero-order valence-corrected chi connectivity index (χ0v) is 14.4. The molecule has 0 spiro atoms. The second kappa shape index (κ2) is 6.79. The molecule has 0 radical (unpaired) electrons. The lowest BCUT2D eigenvalue weighted by molar-refractivity contribution is 0.601. The minimum absolute atomic E-state index is 0.210. The molecule has 0 fully saturated rings. The Morgan fingerprint density at radius 1 is 1.19 bits per heavy atom. The molecular weight excluding hydrogens is 376 g/mol. The number of rotatable bonds is 5. The third kappa shape index (κ3) is 4.20. The van der Waals surface area contributed by atoms with E-state index in [9.17, 15) is 8.42 Å². The summed E-state index contributed by atoms with van der Waals surface area (Å²) in [5.41, 5.74) is 1.30. The van der Waals surface area contributed by atoms with Crippen molar-refractivity contribution in [2.75, 3.05) is 11.8 Å². The Morgan fingerprint density at radius 3 is 2.67 bits per heavy atom. The molecule has 0 saturated carbocycles. The minimum atomic E-state index is -3.66. The Kier molecular flexibility index (Phi) is 5.27. The van der Waals surface area contributed by atoms with Crippen LogP contribution in [0, 0.1) is 0 Å². The molecule has 2 aromatic carbocycles. The van der Waals surface area contributed by atoms with E-state index >= 15 is 0 Å². The standard InChI is InChI=1S/C14H14BrClN2O2S/c1-17-9-10-3-2-4-12(7-10)21(19,20)18-14-8-11(16)5-6-13(14)15/h2-8,17-18H,9H2,1H3. The molecule has 2 rings (SSSR count). The van der Waals surface area contributed by atoms with Crippen molar-refractivity contribution < 1.29 is 8.42 Å². The molecule has 0 bridgehead atoms. The molecular formula is C14H14BrClN2O2S. The van der Waals surface area contributed by atoms with E-state index in [2.05, 4.69) is 26.0 Å². The smallest absolute Gasteiger partial charge is 0.261 e. The van der Waals surface area contributed by atoms with Crippen LogP contribution >= 0.6 is 27.5 Å². The van der Waals surface area contributed by atoms with Gasteiger partial charge in [0, 0.05) is 16.0 Å². The molecule has 2 aromatic rings. The first-order chi connectivity index (χ1) is 9.92. The van der Waals surface area contributed by atoms with Crippen molar-refractivity contribution >= 4 is 43.2 Å². The molecule has 21 heavy (non-hydrogen) atoms. The largest absolute Gasteiger partial charge is 0.316 e. The first-order valence-electron chi connectivity index (χ1n) is 6.14. The molecule has 0 unspecified atom stereocenters. The van der Waals surface area contributed by atoms with Gasteiger partial charge in [-0.2, -0.15) is 0 Å². The van der Waals surface area contributed by atoms with E-state index in [1.165, 1.54) is 0 Å². The summed E-state index contributed by atoms with van der Waals surface area (Å²) in [6.45, 7) is 0.601. The average Bonchev–Trinajstić information content (AvgIpc) is 2.43. The molecule has 0 aliphatic heterocycles. The van der Waals surface area contributed by atoms with Crippen LogP contribution in [0.25, 0.3) is 0 Å². The summed E-state index contributed by atoms with van der Waals surface area (Å²) >= 11 is 9.19. The van der Waals surface area contributed by atoms with Crippen LogP contribution < -0.4 is 10.0 Å². The number of sulfonamides is 1. The van der Waals surface area contributed by atoms with E-state index in [-0.39, 0.29) is 4.90 Å². The van der Waals surface area contributed by atoms with Gasteiger partial charge in [-0.3, -0.25) is 4.72 Å². The van der Waals surface area contributed by atoms with Crippen LogP contribution in [0.2, 0.25) is 5.02 Å². The van der Waals surface area contributed by atoms with E-state index in [0.717, 1.165) is 5.56 Å². The maximum atomic E-state index is 12.4. The Morgan fingerprint density at radius 2 is 1.95 bits per heavy atom. The van der Waals surface area contributed by atoms with Crippen LogP contribution in [0.5, 0.6) is 0 Å². The van der Waals surface area contributed by atoms with Gasteiger partial charge < -0.3 is 5.32 Å². The van der Waals surface area contributed by atoms with Crippen molar-refractivity contribution in [3.8, 4) is 0 Å². The quantitative estimate of drug-likeness (QED) is 0.821. The van der Waals surface area contributed by atoms with Gasteiger partial charge in [-0.15, -0.1) is 0 Å². The van der Waals surface area contributed by atoms with Crippen molar-refractivity contribution in [3.63, 3.8) is 0 Å². The van der Waals surface area contributed by atoms with Crippen LogP contribution in [0.15, 0.2) is 51.8 Å². The molecule has 2 N–H and O–H groups in total. The van der Waals surface area contributed by atoms with E-state index in [1.807, 2.05) is 13.1 Å². The molecule has 7 heteroatoms. The second-order valence-electron chi connectivity index (χ2n) is 4.41. The molecule has 0 saturated heterocycles. The third-order valence-electron chi connectivity index (χ3n) is 2.76. The average molecular weight is 390 g/mol. The first-order valence-corrected chi connectivity index (χ1v) is 8.79. The molecule has 0 heterocycles. The molecule has 0 aliphatic rings. The summed E-state index contributed by atoms with van der Waals surface area (Å²) in [6.07, 6.45) is 0. The van der Waals surface area contributed by atoms with Gasteiger partial charge in [-0.25, -0.2) is 8.42 Å². The van der Waals surface area contributed by atoms with E-state index < -0.39 is 10.0 Å². The van der Waals surface area contributed by atoms with Crippen molar-refractivity contribution in [2.45, 2.75) is 11.4 Å². The number of nitrogens with one attached hydrogen (secondary N) is 2. The van der Waals surface area contributed by atoms with Crippen molar-refractivity contribution in [1.29, 1.82) is 0 Å². The highest BCUT2D eigenvalue weighted by molar-refractivity contribution is 9.10. The van der Waals surface area contributed by atoms with Crippen molar-refractivity contribution in [1.82, 2.24) is 5.32 Å². The summed E-state index contributed by atoms with van der Waals surface area (Å²) in [7, 11) is -1.85. The highest BCUT2D eigenvalue weighted by Crippen LogP contribution is 2.28. The number of hydrogen-bond acceptors (Lipinski definition) is 3. The molecule has 0 amide bonds. The van der Waals surface area contributed by atoms with E-state index in [1.54, 1.807) is 36.4 Å². The zero-order chi connectivity index (χ0) is 15.5. The maximum absolute atomic E-state index is 12.4. The van der Waals surface area contributed by atoms with Gasteiger partial charge in [0.05, 0.1) is 10.6 Å². The molecule has 0 aliphatic carbocycles. The first kappa shape index (κ1) is 16.3. The van der Waals surface area contributed by atoms with Gasteiger partial charge >= 0.3 is 0 Å². The second-order valence-corrected chi connectivity index (χ2v) is 7.38. The van der Waals surface area contributed by atoms with Crippen LogP contribution in [-0.4, -0.2) is 15.5 Å². The third-order valence-corrected chi connectivity index (χ3v) is 5.05. The highest BCUT2D eigenvalue weighted by atomic mass is 79.9. The number of halogens is 2. The lowest BCUT2D eigenvalue weighted by Gasteiger charge is -2.11. The van der Waals surface area contributed by atoms with Gasteiger partial charge in [-0.05, 0) is 58.9 Å². The van der Waals surface area contributed by atoms with Gasteiger partial charge in [0.15, 0.2) is 0 Å². The summed E-state index contributed by atoms with van der Waals surface area (Å²) in [5.74, 6) is 0. The van der Waals surface area contributed by atoms with Gasteiger partial charge in [0.1, 0.15) is 0 Å². The summed E-state index contributed by atoms with van der Waals surface area (Å²) < 4.78 is 28.0. The predicted octanol–water partition coefficient (Wildman–Crippen LogP) is 3.62. The van der Waals surface area contributed by atoms with E-state index in [0.29, 0.717) is 21.7 Å². The van der Waals surface area contributed by atoms with Crippen LogP contribution in [-0.2, 0) is 16.6 Å². The predicted molar refractivity (Wildman–Crippen MR) is 89.2 cm³/mol. The molecule has 0 atom stereocenters. The number of hydrogen-bond donors (Lipinski definition) is 2. The van der Waals surface area contributed by atoms with Crippen LogP contribution in [0.1, 0.15) is 5.56 Å². The monoisotopic (exact) mass is 388 g/mol. The normalized spacial score (nSPS) is 11.4. The molecule has 0 aromatic heterocycles. The highest BCUT2D eigenvalue weighted by Gasteiger charge is 2.16. The fraction of sp³-hybridized carbons (Fsp3) is 0.143. The van der Waals surface area contributed by atoms with Crippen molar-refractivity contribution in [2.24, 2.45) is 0 Å². The maximum Gasteiger partial charge on any atom is 0.261 e.